The summed E-state index contributed by atoms with van der Waals surface area (Å²) in [5.74, 6) is 0.463. The second-order valence-electron chi connectivity index (χ2n) is 6.11. The van der Waals surface area contributed by atoms with Gasteiger partial charge in [-0.3, -0.25) is 9.59 Å². The van der Waals surface area contributed by atoms with Crippen molar-refractivity contribution in [3.8, 4) is 11.5 Å². The summed E-state index contributed by atoms with van der Waals surface area (Å²) in [5.41, 5.74) is -0.447. The largest absolute Gasteiger partial charge is 0.493 e. The van der Waals surface area contributed by atoms with E-state index in [1.807, 2.05) is 13.8 Å². The maximum absolute atomic E-state index is 12.8. The molecular weight excluding hydrogens is 338 g/mol. The van der Waals surface area contributed by atoms with Crippen LogP contribution >= 0.6 is 0 Å². The highest BCUT2D eigenvalue weighted by atomic mass is 16.5. The average molecular weight is 363 g/mol. The molecular formula is C18H25N3O5. The lowest BCUT2D eigenvalue weighted by molar-refractivity contribution is -0.123. The van der Waals surface area contributed by atoms with Gasteiger partial charge in [0.1, 0.15) is 6.54 Å². The molecule has 1 heterocycles. The quantitative estimate of drug-likeness (QED) is 0.723. The Hall–Kier alpha value is -2.61. The standard InChI is InChI=1S/C18H25N3O5/c1-5-11(2)13(10-22)20-15(23)9-21-18(24)16-12(8-19-21)6-7-14(25-3)17(16)26-4/h6-8,11,13,22H,5,9-10H2,1-4H3,(H,20,23)/t11-,13-/m1/s1. The Labute approximate surface area is 151 Å². The Morgan fingerprint density at radius 2 is 2.08 bits per heavy atom. The monoisotopic (exact) mass is 363 g/mol. The first-order valence-electron chi connectivity index (χ1n) is 8.47. The zero-order valence-electron chi connectivity index (χ0n) is 15.5. The van der Waals surface area contributed by atoms with Gasteiger partial charge in [-0.1, -0.05) is 20.3 Å². The van der Waals surface area contributed by atoms with E-state index >= 15 is 0 Å². The Morgan fingerprint density at radius 1 is 1.35 bits per heavy atom. The Kier molecular flexibility index (Phi) is 6.57. The van der Waals surface area contributed by atoms with Crippen LogP contribution in [0.3, 0.4) is 0 Å². The SMILES string of the molecule is CC[C@@H](C)[C@@H](CO)NC(=O)Cn1ncc2ccc(OC)c(OC)c2c1=O. The van der Waals surface area contributed by atoms with E-state index in [0.717, 1.165) is 11.1 Å². The minimum absolute atomic E-state index is 0.120. The number of hydrogen-bond acceptors (Lipinski definition) is 6. The van der Waals surface area contributed by atoms with Crippen molar-refractivity contribution in [2.75, 3.05) is 20.8 Å². The maximum Gasteiger partial charge on any atom is 0.279 e. The van der Waals surface area contributed by atoms with E-state index in [0.29, 0.717) is 22.3 Å². The van der Waals surface area contributed by atoms with Crippen molar-refractivity contribution >= 4 is 16.7 Å². The Morgan fingerprint density at radius 3 is 2.65 bits per heavy atom. The topological polar surface area (TPSA) is 103 Å². The van der Waals surface area contributed by atoms with Crippen LogP contribution < -0.4 is 20.3 Å². The van der Waals surface area contributed by atoms with Crippen LogP contribution in [0.15, 0.2) is 23.1 Å². The van der Waals surface area contributed by atoms with Gasteiger partial charge in [-0.15, -0.1) is 0 Å². The van der Waals surface area contributed by atoms with Crippen molar-refractivity contribution in [3.05, 3.63) is 28.7 Å². The van der Waals surface area contributed by atoms with Crippen molar-refractivity contribution < 1.29 is 19.4 Å². The molecule has 0 saturated carbocycles. The van der Waals surface area contributed by atoms with Crippen LogP contribution in [-0.4, -0.2) is 47.7 Å². The van der Waals surface area contributed by atoms with Crippen molar-refractivity contribution in [2.24, 2.45) is 5.92 Å². The van der Waals surface area contributed by atoms with Crippen LogP contribution in [0, 0.1) is 5.92 Å². The van der Waals surface area contributed by atoms with Crippen LogP contribution in [0.25, 0.3) is 10.8 Å². The fourth-order valence-electron chi connectivity index (χ4n) is 2.74. The molecule has 142 valence electrons. The first-order valence-corrected chi connectivity index (χ1v) is 8.47. The number of rotatable bonds is 8. The number of benzene rings is 1. The molecule has 0 bridgehead atoms. The van der Waals surface area contributed by atoms with Gasteiger partial charge < -0.3 is 19.9 Å². The predicted octanol–water partition coefficient (Wildman–Crippen LogP) is 0.937. The van der Waals surface area contributed by atoms with Gasteiger partial charge in [0.2, 0.25) is 5.91 Å². The lowest BCUT2D eigenvalue weighted by atomic mass is 10.00. The summed E-state index contributed by atoms with van der Waals surface area (Å²) in [6.07, 6.45) is 2.32. The molecule has 1 aromatic heterocycles. The van der Waals surface area contributed by atoms with Crippen LogP contribution in [0.4, 0.5) is 0 Å². The van der Waals surface area contributed by atoms with E-state index in [9.17, 15) is 14.7 Å². The number of fused-ring (bicyclic) bond motifs is 1. The van der Waals surface area contributed by atoms with Gasteiger partial charge in [0, 0.05) is 5.39 Å². The van der Waals surface area contributed by atoms with Gasteiger partial charge in [-0.2, -0.15) is 5.10 Å². The van der Waals surface area contributed by atoms with Gasteiger partial charge in [0.15, 0.2) is 11.5 Å². The normalized spacial score (nSPS) is 13.3. The second-order valence-corrected chi connectivity index (χ2v) is 6.11. The minimum Gasteiger partial charge on any atom is -0.493 e. The molecule has 0 unspecified atom stereocenters. The molecule has 1 amide bonds. The molecule has 8 nitrogen and oxygen atoms in total. The van der Waals surface area contributed by atoms with Gasteiger partial charge in [0.25, 0.3) is 5.56 Å². The number of methoxy groups -OCH3 is 2. The zero-order chi connectivity index (χ0) is 19.3. The van der Waals surface area contributed by atoms with Crippen LogP contribution in [0.5, 0.6) is 11.5 Å². The number of amides is 1. The summed E-state index contributed by atoms with van der Waals surface area (Å²) in [5, 5.41) is 17.1. The number of aliphatic hydroxyl groups excluding tert-OH is 1. The number of carbonyl (C=O) groups excluding carboxylic acids is 1. The third-order valence-electron chi connectivity index (χ3n) is 4.53. The molecule has 0 aliphatic carbocycles. The number of nitrogens with zero attached hydrogens (tertiary/aromatic N) is 2. The summed E-state index contributed by atoms with van der Waals surface area (Å²) < 4.78 is 11.6. The number of aliphatic hydroxyl groups is 1. The molecule has 2 atom stereocenters. The Balaban J connectivity index is 2.34. The van der Waals surface area contributed by atoms with Gasteiger partial charge in [0.05, 0.1) is 38.5 Å². The molecule has 0 fully saturated rings. The first-order chi connectivity index (χ1) is 12.5. The fraction of sp³-hybridized carbons (Fsp3) is 0.500. The third kappa shape index (κ3) is 3.96. The predicted molar refractivity (Wildman–Crippen MR) is 97.6 cm³/mol. The molecule has 2 rings (SSSR count). The number of ether oxygens (including phenoxy) is 2. The highest BCUT2D eigenvalue weighted by Crippen LogP contribution is 2.32. The lowest BCUT2D eigenvalue weighted by Crippen LogP contribution is -2.44. The molecule has 0 aliphatic rings. The van der Waals surface area contributed by atoms with E-state index in [1.165, 1.54) is 20.4 Å². The average Bonchev–Trinajstić information content (AvgIpc) is 2.66. The maximum atomic E-state index is 12.8. The van der Waals surface area contributed by atoms with E-state index in [1.54, 1.807) is 12.1 Å². The molecule has 0 radical (unpaired) electrons. The summed E-state index contributed by atoms with van der Waals surface area (Å²) in [6, 6.07) is 3.04. The van der Waals surface area contributed by atoms with E-state index in [-0.39, 0.29) is 31.0 Å². The third-order valence-corrected chi connectivity index (χ3v) is 4.53. The van der Waals surface area contributed by atoms with E-state index < -0.39 is 5.56 Å². The highest BCUT2D eigenvalue weighted by molar-refractivity contribution is 5.89. The van der Waals surface area contributed by atoms with Crippen molar-refractivity contribution in [1.82, 2.24) is 15.1 Å². The zero-order valence-corrected chi connectivity index (χ0v) is 15.5. The fourth-order valence-corrected chi connectivity index (χ4v) is 2.74. The minimum atomic E-state index is -0.447. The van der Waals surface area contributed by atoms with Gasteiger partial charge in [-0.05, 0) is 18.1 Å². The summed E-state index contributed by atoms with van der Waals surface area (Å²) >= 11 is 0. The lowest BCUT2D eigenvalue weighted by Gasteiger charge is -2.22. The number of aromatic nitrogens is 2. The van der Waals surface area contributed by atoms with Crippen molar-refractivity contribution in [2.45, 2.75) is 32.9 Å². The molecule has 2 N–H and O–H groups in total. The number of nitrogens with one attached hydrogen (secondary N) is 1. The number of carbonyl (C=O) groups is 1. The molecule has 0 spiro atoms. The van der Waals surface area contributed by atoms with E-state index in [4.69, 9.17) is 9.47 Å². The smallest absolute Gasteiger partial charge is 0.279 e. The molecule has 8 heteroatoms. The number of hydrogen-bond donors (Lipinski definition) is 2. The van der Waals surface area contributed by atoms with Gasteiger partial charge >= 0.3 is 0 Å². The molecule has 26 heavy (non-hydrogen) atoms. The van der Waals surface area contributed by atoms with E-state index in [2.05, 4.69) is 10.4 Å². The molecule has 1 aromatic carbocycles. The second kappa shape index (κ2) is 8.66. The summed E-state index contributed by atoms with van der Waals surface area (Å²) in [4.78, 5) is 25.1. The molecule has 2 aromatic rings. The first kappa shape index (κ1) is 19.7. The van der Waals surface area contributed by atoms with Crippen LogP contribution in [0.2, 0.25) is 0 Å². The van der Waals surface area contributed by atoms with Gasteiger partial charge in [-0.25, -0.2) is 4.68 Å². The molecule has 0 saturated heterocycles. The van der Waals surface area contributed by atoms with Crippen LogP contribution in [-0.2, 0) is 11.3 Å². The molecule has 0 aliphatic heterocycles. The summed E-state index contributed by atoms with van der Waals surface area (Å²) in [7, 11) is 2.94. The Bertz CT molecular complexity index is 833. The van der Waals surface area contributed by atoms with Crippen LogP contribution in [0.1, 0.15) is 20.3 Å². The summed E-state index contributed by atoms with van der Waals surface area (Å²) in [6.45, 7) is 3.52. The highest BCUT2D eigenvalue weighted by Gasteiger charge is 2.19. The van der Waals surface area contributed by atoms with Crippen molar-refractivity contribution in [1.29, 1.82) is 0 Å². The van der Waals surface area contributed by atoms with Crippen molar-refractivity contribution in [3.63, 3.8) is 0 Å².